The molecule has 0 spiro atoms. The predicted molar refractivity (Wildman–Crippen MR) is 96.3 cm³/mol. The Bertz CT molecular complexity index is 820. The molecule has 1 atom stereocenters. The van der Waals surface area contributed by atoms with Gasteiger partial charge in [-0.1, -0.05) is 24.3 Å². The van der Waals surface area contributed by atoms with Crippen LogP contribution in [0.4, 0.5) is 0 Å². The molecule has 0 aliphatic heterocycles. The van der Waals surface area contributed by atoms with Crippen LogP contribution in [-0.4, -0.2) is 18.6 Å². The van der Waals surface area contributed by atoms with Gasteiger partial charge in [-0.05, 0) is 61.2 Å². The largest absolute Gasteiger partial charge is 0.496 e. The molecule has 0 fully saturated rings. The van der Waals surface area contributed by atoms with Gasteiger partial charge in [0.1, 0.15) is 5.75 Å². The van der Waals surface area contributed by atoms with E-state index in [1.54, 1.807) is 7.11 Å². The minimum absolute atomic E-state index is 0.239. The summed E-state index contributed by atoms with van der Waals surface area (Å²) in [6.45, 7) is 4.84. The van der Waals surface area contributed by atoms with Crippen molar-refractivity contribution in [3.05, 3.63) is 64.8 Å². The number of aromatic nitrogens is 1. The first-order valence-electron chi connectivity index (χ1n) is 8.04. The van der Waals surface area contributed by atoms with Crippen LogP contribution in [0.5, 0.6) is 5.75 Å². The van der Waals surface area contributed by atoms with Gasteiger partial charge >= 0.3 is 0 Å². The lowest BCUT2D eigenvalue weighted by atomic mass is 9.89. The number of benzene rings is 2. The fourth-order valence-electron chi connectivity index (χ4n) is 3.19. The van der Waals surface area contributed by atoms with Crippen molar-refractivity contribution in [1.29, 1.82) is 0 Å². The number of aromatic amines is 1. The average molecular weight is 308 g/mol. The van der Waals surface area contributed by atoms with Crippen molar-refractivity contribution in [3.8, 4) is 5.75 Å². The maximum atomic E-state index is 6.11. The van der Waals surface area contributed by atoms with Crippen LogP contribution in [0.25, 0.3) is 10.9 Å². The van der Waals surface area contributed by atoms with Gasteiger partial charge in [-0.2, -0.15) is 0 Å². The molecule has 0 radical (unpaired) electrons. The Morgan fingerprint density at radius 1 is 1.13 bits per heavy atom. The van der Waals surface area contributed by atoms with Crippen molar-refractivity contribution in [1.82, 2.24) is 4.98 Å². The van der Waals surface area contributed by atoms with Gasteiger partial charge in [0, 0.05) is 23.0 Å². The Hall–Kier alpha value is -2.26. The monoisotopic (exact) mass is 308 g/mol. The van der Waals surface area contributed by atoms with Crippen LogP contribution >= 0.6 is 0 Å². The summed E-state index contributed by atoms with van der Waals surface area (Å²) in [5, 5.41) is 1.27. The second-order valence-electron chi connectivity index (χ2n) is 6.17. The van der Waals surface area contributed by atoms with Gasteiger partial charge < -0.3 is 15.5 Å². The third-order valence-electron chi connectivity index (χ3n) is 4.71. The molecule has 0 saturated carbocycles. The number of para-hydroxylation sites is 1. The average Bonchev–Trinajstić information content (AvgIpc) is 2.98. The van der Waals surface area contributed by atoms with E-state index in [1.165, 1.54) is 33.2 Å². The van der Waals surface area contributed by atoms with Crippen molar-refractivity contribution in [3.63, 3.8) is 0 Å². The first-order chi connectivity index (χ1) is 11.1. The van der Waals surface area contributed by atoms with Gasteiger partial charge in [0.25, 0.3) is 0 Å². The lowest BCUT2D eigenvalue weighted by Gasteiger charge is -2.20. The molecule has 3 nitrogen and oxygen atoms in total. The van der Waals surface area contributed by atoms with Gasteiger partial charge in [0.15, 0.2) is 0 Å². The van der Waals surface area contributed by atoms with Crippen LogP contribution in [0.1, 0.15) is 28.2 Å². The summed E-state index contributed by atoms with van der Waals surface area (Å²) in [5.41, 5.74) is 12.3. The maximum absolute atomic E-state index is 6.11. The lowest BCUT2D eigenvalue weighted by Crippen LogP contribution is -2.16. The molecule has 1 unspecified atom stereocenters. The third-order valence-corrected chi connectivity index (χ3v) is 4.71. The second kappa shape index (κ2) is 6.47. The molecule has 1 heterocycles. The van der Waals surface area contributed by atoms with Gasteiger partial charge in [0.05, 0.1) is 7.11 Å². The maximum Gasteiger partial charge on any atom is 0.122 e. The molecule has 3 N–H and O–H groups in total. The fourth-order valence-corrected chi connectivity index (χ4v) is 3.19. The molecule has 0 saturated heterocycles. The number of hydrogen-bond acceptors (Lipinski definition) is 2. The normalized spacial score (nSPS) is 12.5. The molecule has 3 aromatic rings. The van der Waals surface area contributed by atoms with Crippen molar-refractivity contribution >= 4 is 10.9 Å². The topological polar surface area (TPSA) is 51.0 Å². The standard InChI is InChI=1S/C20H24N2O/c1-13-8-18(20(23-3)9-14(13)2)15(11-21)10-16-12-22-19-7-5-4-6-17(16)19/h4-9,12,15,22H,10-11,21H2,1-3H3. The quantitative estimate of drug-likeness (QED) is 0.746. The number of ether oxygens (including phenoxy) is 1. The van der Waals surface area contributed by atoms with E-state index in [1.807, 2.05) is 0 Å². The highest BCUT2D eigenvalue weighted by atomic mass is 16.5. The molecule has 1 aromatic heterocycles. The minimum atomic E-state index is 0.239. The lowest BCUT2D eigenvalue weighted by molar-refractivity contribution is 0.405. The van der Waals surface area contributed by atoms with Gasteiger partial charge in [-0.15, -0.1) is 0 Å². The minimum Gasteiger partial charge on any atom is -0.496 e. The van der Waals surface area contributed by atoms with Crippen LogP contribution < -0.4 is 10.5 Å². The smallest absolute Gasteiger partial charge is 0.122 e. The molecular formula is C20H24N2O. The van der Waals surface area contributed by atoms with Crippen molar-refractivity contribution < 1.29 is 4.74 Å². The summed E-state index contributed by atoms with van der Waals surface area (Å²) in [4.78, 5) is 3.35. The first kappa shape index (κ1) is 15.6. The highest BCUT2D eigenvalue weighted by Crippen LogP contribution is 2.33. The number of H-pyrrole nitrogens is 1. The summed E-state index contributed by atoms with van der Waals surface area (Å²) < 4.78 is 5.61. The number of rotatable bonds is 5. The fraction of sp³-hybridized carbons (Fsp3) is 0.300. The van der Waals surface area contributed by atoms with Gasteiger partial charge in [-0.3, -0.25) is 0 Å². The van der Waals surface area contributed by atoms with E-state index in [0.717, 1.165) is 12.2 Å². The van der Waals surface area contributed by atoms with Crippen molar-refractivity contribution in [2.75, 3.05) is 13.7 Å². The molecule has 23 heavy (non-hydrogen) atoms. The molecule has 0 bridgehead atoms. The van der Waals surface area contributed by atoms with E-state index in [2.05, 4.69) is 61.4 Å². The Morgan fingerprint density at radius 2 is 1.87 bits per heavy atom. The van der Waals surface area contributed by atoms with E-state index >= 15 is 0 Å². The summed E-state index contributed by atoms with van der Waals surface area (Å²) in [7, 11) is 1.73. The SMILES string of the molecule is COc1cc(C)c(C)cc1C(CN)Cc1c[nH]c2ccccc12. The zero-order chi connectivity index (χ0) is 16.4. The van der Waals surface area contributed by atoms with E-state index in [-0.39, 0.29) is 5.92 Å². The number of nitrogens with two attached hydrogens (primary N) is 1. The zero-order valence-corrected chi connectivity index (χ0v) is 14.0. The molecule has 0 aliphatic carbocycles. The Morgan fingerprint density at radius 3 is 2.61 bits per heavy atom. The number of aryl methyl sites for hydroxylation is 2. The molecule has 0 amide bonds. The van der Waals surface area contributed by atoms with E-state index in [9.17, 15) is 0 Å². The third kappa shape index (κ3) is 2.97. The highest BCUT2D eigenvalue weighted by molar-refractivity contribution is 5.83. The molecule has 2 aromatic carbocycles. The number of fused-ring (bicyclic) bond motifs is 1. The van der Waals surface area contributed by atoms with Gasteiger partial charge in [-0.25, -0.2) is 0 Å². The van der Waals surface area contributed by atoms with Gasteiger partial charge in [0.2, 0.25) is 0 Å². The van der Waals surface area contributed by atoms with Crippen LogP contribution in [0, 0.1) is 13.8 Å². The summed E-state index contributed by atoms with van der Waals surface area (Å²) in [6, 6.07) is 12.7. The van der Waals surface area contributed by atoms with Crippen molar-refractivity contribution in [2.24, 2.45) is 5.73 Å². The summed E-state index contributed by atoms with van der Waals surface area (Å²) in [6.07, 6.45) is 3.00. The molecular weight excluding hydrogens is 284 g/mol. The molecule has 120 valence electrons. The Labute approximate surface area is 137 Å². The molecule has 0 aliphatic rings. The van der Waals surface area contributed by atoms with Crippen molar-refractivity contribution in [2.45, 2.75) is 26.2 Å². The molecule has 3 rings (SSSR count). The van der Waals surface area contributed by atoms with Crippen LogP contribution in [0.3, 0.4) is 0 Å². The van der Waals surface area contributed by atoms with E-state index in [0.29, 0.717) is 6.54 Å². The second-order valence-corrected chi connectivity index (χ2v) is 6.17. The summed E-state index contributed by atoms with van der Waals surface area (Å²) in [5.74, 6) is 1.17. The number of hydrogen-bond donors (Lipinski definition) is 2. The first-order valence-corrected chi connectivity index (χ1v) is 8.04. The Balaban J connectivity index is 1.99. The van der Waals surface area contributed by atoms with Crippen LogP contribution in [0.15, 0.2) is 42.6 Å². The Kier molecular flexibility index (Phi) is 4.39. The van der Waals surface area contributed by atoms with E-state index in [4.69, 9.17) is 10.5 Å². The zero-order valence-electron chi connectivity index (χ0n) is 14.0. The van der Waals surface area contributed by atoms with E-state index < -0.39 is 0 Å². The summed E-state index contributed by atoms with van der Waals surface area (Å²) >= 11 is 0. The number of nitrogens with one attached hydrogen (secondary N) is 1. The highest BCUT2D eigenvalue weighted by Gasteiger charge is 2.18. The predicted octanol–water partition coefficient (Wildman–Crippen LogP) is 4.08. The van der Waals surface area contributed by atoms with Crippen LogP contribution in [0.2, 0.25) is 0 Å². The number of methoxy groups -OCH3 is 1. The van der Waals surface area contributed by atoms with Crippen LogP contribution in [-0.2, 0) is 6.42 Å². The molecule has 3 heteroatoms.